The molecule has 2 heterocycles. The molecule has 0 saturated carbocycles. The van der Waals surface area contributed by atoms with E-state index in [1.54, 1.807) is 6.26 Å². The minimum absolute atomic E-state index is 0.652. The van der Waals surface area contributed by atoms with Crippen LogP contribution in [0.5, 0.6) is 0 Å². The molecule has 0 atom stereocenters. The first kappa shape index (κ1) is 13.9. The highest BCUT2D eigenvalue weighted by molar-refractivity contribution is 5.18. The smallest absolute Gasteiger partial charge is 0.122 e. The van der Waals surface area contributed by atoms with Gasteiger partial charge in [-0.3, -0.25) is 0 Å². The van der Waals surface area contributed by atoms with Crippen molar-refractivity contribution < 1.29 is 4.42 Å². The summed E-state index contributed by atoms with van der Waals surface area (Å²) < 4.78 is 7.75. The summed E-state index contributed by atoms with van der Waals surface area (Å²) in [7, 11) is 0. The molecule has 0 aromatic carbocycles. The third kappa shape index (κ3) is 3.70. The molecule has 0 fully saturated rings. The summed E-state index contributed by atoms with van der Waals surface area (Å²) in [5.74, 6) is 2.79. The van der Waals surface area contributed by atoms with Crippen molar-refractivity contribution in [1.82, 2.24) is 14.9 Å². The zero-order chi connectivity index (χ0) is 13.7. The molecule has 0 aliphatic rings. The number of nitrogens with zero attached hydrogens (tertiary/aromatic N) is 2. The van der Waals surface area contributed by atoms with Gasteiger partial charge in [0.05, 0.1) is 19.4 Å². The molecule has 0 radical (unpaired) electrons. The summed E-state index contributed by atoms with van der Waals surface area (Å²) in [4.78, 5) is 4.35. The molecular weight excluding hydrogens is 238 g/mol. The predicted octanol–water partition coefficient (Wildman–Crippen LogP) is 2.83. The van der Waals surface area contributed by atoms with E-state index in [-0.39, 0.29) is 0 Å². The summed E-state index contributed by atoms with van der Waals surface area (Å²) in [5.41, 5.74) is 1.23. The Balaban J connectivity index is 1.99. The highest BCUT2D eigenvalue weighted by Crippen LogP contribution is 2.13. The van der Waals surface area contributed by atoms with Crippen LogP contribution in [0.4, 0.5) is 0 Å². The summed E-state index contributed by atoms with van der Waals surface area (Å²) in [6, 6.07) is 2.05. The third-order valence-electron chi connectivity index (χ3n) is 3.13. The van der Waals surface area contributed by atoms with Crippen molar-refractivity contribution >= 4 is 0 Å². The first-order chi connectivity index (χ1) is 9.20. The second-order valence-electron chi connectivity index (χ2n) is 5.22. The van der Waals surface area contributed by atoms with Gasteiger partial charge in [0.2, 0.25) is 0 Å². The lowest BCUT2D eigenvalue weighted by atomic mass is 10.2. The van der Waals surface area contributed by atoms with Crippen molar-refractivity contribution in [1.29, 1.82) is 0 Å². The molecule has 0 saturated heterocycles. The first-order valence-corrected chi connectivity index (χ1v) is 6.96. The number of hydrogen-bond acceptors (Lipinski definition) is 3. The molecule has 0 unspecified atom stereocenters. The van der Waals surface area contributed by atoms with Crippen LogP contribution in [0.15, 0.2) is 29.1 Å². The van der Waals surface area contributed by atoms with Crippen LogP contribution in [0.25, 0.3) is 0 Å². The summed E-state index contributed by atoms with van der Waals surface area (Å²) in [5, 5.41) is 3.42. The monoisotopic (exact) mass is 261 g/mol. The number of imidazole rings is 1. The van der Waals surface area contributed by atoms with Crippen LogP contribution in [-0.2, 0) is 19.5 Å². The molecule has 4 nitrogen and oxygen atoms in total. The molecule has 4 heteroatoms. The minimum atomic E-state index is 0.652. The molecule has 0 bridgehead atoms. The van der Waals surface area contributed by atoms with Crippen LogP contribution < -0.4 is 5.32 Å². The molecule has 2 aromatic heterocycles. The van der Waals surface area contributed by atoms with Crippen molar-refractivity contribution in [3.8, 4) is 0 Å². The Kier molecular flexibility index (Phi) is 4.80. The SMILES string of the molecule is CCc1nccn1Cc1ccoc1CNCC(C)C. The maximum Gasteiger partial charge on any atom is 0.122 e. The highest BCUT2D eigenvalue weighted by atomic mass is 16.3. The molecule has 2 aromatic rings. The lowest BCUT2D eigenvalue weighted by Crippen LogP contribution is -2.19. The minimum Gasteiger partial charge on any atom is -0.468 e. The van der Waals surface area contributed by atoms with Gasteiger partial charge in [-0.05, 0) is 18.5 Å². The summed E-state index contributed by atoms with van der Waals surface area (Å²) in [6.45, 7) is 9.16. The Hall–Kier alpha value is -1.55. The van der Waals surface area contributed by atoms with Crippen LogP contribution in [0.1, 0.15) is 37.9 Å². The fourth-order valence-electron chi connectivity index (χ4n) is 2.12. The molecule has 0 spiro atoms. The van der Waals surface area contributed by atoms with Gasteiger partial charge >= 0.3 is 0 Å². The van der Waals surface area contributed by atoms with E-state index in [2.05, 4.69) is 35.6 Å². The highest BCUT2D eigenvalue weighted by Gasteiger charge is 2.09. The lowest BCUT2D eigenvalue weighted by Gasteiger charge is -2.09. The molecular formula is C15H23N3O. The molecule has 0 amide bonds. The van der Waals surface area contributed by atoms with Crippen LogP contribution in [-0.4, -0.2) is 16.1 Å². The van der Waals surface area contributed by atoms with Gasteiger partial charge in [0.15, 0.2) is 0 Å². The molecule has 0 aliphatic heterocycles. The van der Waals surface area contributed by atoms with Crippen molar-refractivity contribution in [2.45, 2.75) is 40.3 Å². The van der Waals surface area contributed by atoms with Crippen molar-refractivity contribution in [3.63, 3.8) is 0 Å². The zero-order valence-corrected chi connectivity index (χ0v) is 12.0. The Morgan fingerprint density at radius 1 is 1.42 bits per heavy atom. The fourth-order valence-corrected chi connectivity index (χ4v) is 2.12. The fraction of sp³-hybridized carbons (Fsp3) is 0.533. The normalized spacial score (nSPS) is 11.4. The Morgan fingerprint density at radius 3 is 3.00 bits per heavy atom. The molecule has 19 heavy (non-hydrogen) atoms. The van der Waals surface area contributed by atoms with Crippen molar-refractivity contribution in [2.24, 2.45) is 5.92 Å². The van der Waals surface area contributed by atoms with E-state index in [1.165, 1.54) is 5.56 Å². The van der Waals surface area contributed by atoms with E-state index in [0.29, 0.717) is 5.92 Å². The van der Waals surface area contributed by atoms with Crippen LogP contribution in [0, 0.1) is 5.92 Å². The van der Waals surface area contributed by atoms with E-state index in [1.807, 2.05) is 18.5 Å². The molecule has 2 rings (SSSR count). The van der Waals surface area contributed by atoms with Gasteiger partial charge in [0.25, 0.3) is 0 Å². The van der Waals surface area contributed by atoms with E-state index in [9.17, 15) is 0 Å². The van der Waals surface area contributed by atoms with Gasteiger partial charge < -0.3 is 14.3 Å². The maximum absolute atomic E-state index is 5.57. The number of rotatable bonds is 7. The average molecular weight is 261 g/mol. The van der Waals surface area contributed by atoms with Gasteiger partial charge in [-0.2, -0.15) is 0 Å². The zero-order valence-electron chi connectivity index (χ0n) is 12.0. The van der Waals surface area contributed by atoms with Gasteiger partial charge in [0, 0.05) is 24.4 Å². The van der Waals surface area contributed by atoms with Crippen LogP contribution in [0.3, 0.4) is 0 Å². The molecule has 0 aliphatic carbocycles. The Bertz CT molecular complexity index is 499. The van der Waals surface area contributed by atoms with Gasteiger partial charge in [0.1, 0.15) is 11.6 Å². The quantitative estimate of drug-likeness (QED) is 0.833. The van der Waals surface area contributed by atoms with E-state index >= 15 is 0 Å². The molecule has 104 valence electrons. The number of nitrogens with one attached hydrogen (secondary N) is 1. The third-order valence-corrected chi connectivity index (χ3v) is 3.13. The van der Waals surface area contributed by atoms with Crippen molar-refractivity contribution in [2.75, 3.05) is 6.54 Å². The van der Waals surface area contributed by atoms with E-state index < -0.39 is 0 Å². The van der Waals surface area contributed by atoms with E-state index in [4.69, 9.17) is 4.42 Å². The number of aromatic nitrogens is 2. The van der Waals surface area contributed by atoms with Crippen LogP contribution >= 0.6 is 0 Å². The number of furan rings is 1. The van der Waals surface area contributed by atoms with Gasteiger partial charge in [-0.25, -0.2) is 4.98 Å². The second kappa shape index (κ2) is 6.57. The van der Waals surface area contributed by atoms with Gasteiger partial charge in [-0.1, -0.05) is 20.8 Å². The second-order valence-corrected chi connectivity index (χ2v) is 5.22. The summed E-state index contributed by atoms with van der Waals surface area (Å²) >= 11 is 0. The van der Waals surface area contributed by atoms with Crippen molar-refractivity contribution in [3.05, 3.63) is 41.9 Å². The standard InChI is InChI=1S/C15H23N3O/c1-4-15-17-6-7-18(15)11-13-5-8-19-14(13)10-16-9-12(2)3/h5-8,12,16H,4,9-11H2,1-3H3. The Labute approximate surface area is 114 Å². The lowest BCUT2D eigenvalue weighted by molar-refractivity contribution is 0.459. The van der Waals surface area contributed by atoms with E-state index in [0.717, 1.165) is 37.6 Å². The average Bonchev–Trinajstić information content (AvgIpc) is 2.99. The number of hydrogen-bond donors (Lipinski definition) is 1. The first-order valence-electron chi connectivity index (χ1n) is 6.96. The van der Waals surface area contributed by atoms with Gasteiger partial charge in [-0.15, -0.1) is 0 Å². The largest absolute Gasteiger partial charge is 0.468 e. The predicted molar refractivity (Wildman–Crippen MR) is 76.0 cm³/mol. The topological polar surface area (TPSA) is 43.0 Å². The van der Waals surface area contributed by atoms with Crippen LogP contribution in [0.2, 0.25) is 0 Å². The maximum atomic E-state index is 5.57. The number of aryl methyl sites for hydroxylation is 1. The molecule has 1 N–H and O–H groups in total. The Morgan fingerprint density at radius 2 is 2.26 bits per heavy atom. The summed E-state index contributed by atoms with van der Waals surface area (Å²) in [6.07, 6.45) is 6.60.